The van der Waals surface area contributed by atoms with Crippen molar-refractivity contribution in [3.05, 3.63) is 70.5 Å². The number of hydrogen-bond donors (Lipinski definition) is 1. The third-order valence-electron chi connectivity index (χ3n) is 3.80. The first kappa shape index (κ1) is 17.4. The number of aliphatic hydroxyl groups is 1. The Labute approximate surface area is 146 Å². The Bertz CT molecular complexity index is 864. The van der Waals surface area contributed by atoms with Crippen LogP contribution in [0.2, 0.25) is 0 Å². The number of alkyl halides is 3. The van der Waals surface area contributed by atoms with E-state index in [0.29, 0.717) is 17.0 Å². The monoisotopic (exact) mass is 365 g/mol. The van der Waals surface area contributed by atoms with Gasteiger partial charge in [-0.1, -0.05) is 42.5 Å². The van der Waals surface area contributed by atoms with E-state index in [0.717, 1.165) is 11.3 Å². The summed E-state index contributed by atoms with van der Waals surface area (Å²) < 4.78 is 46.4. The Morgan fingerprint density at radius 1 is 1.00 bits per heavy atom. The summed E-state index contributed by atoms with van der Waals surface area (Å²) >= 11 is 0.756. The summed E-state index contributed by atoms with van der Waals surface area (Å²) in [5.41, 5.74) is -2.57. The molecule has 0 bridgehead atoms. The van der Waals surface area contributed by atoms with Crippen molar-refractivity contribution in [2.45, 2.75) is 11.8 Å². The third kappa shape index (κ3) is 3.01. The van der Waals surface area contributed by atoms with Gasteiger partial charge in [-0.2, -0.15) is 13.2 Å². The molecular formula is C18H14F3NO2S. The number of hydrogen-bond acceptors (Lipinski definition) is 4. The van der Waals surface area contributed by atoms with Gasteiger partial charge in [0, 0.05) is 10.9 Å². The number of methoxy groups -OCH3 is 1. The molecule has 0 aliphatic carbocycles. The fourth-order valence-electron chi connectivity index (χ4n) is 2.51. The van der Waals surface area contributed by atoms with Crippen LogP contribution in [-0.4, -0.2) is 23.4 Å². The number of nitrogens with zero attached hydrogens (tertiary/aromatic N) is 1. The van der Waals surface area contributed by atoms with E-state index in [4.69, 9.17) is 4.74 Å². The molecule has 0 spiro atoms. The van der Waals surface area contributed by atoms with Crippen LogP contribution in [0.4, 0.5) is 13.2 Å². The Morgan fingerprint density at radius 3 is 2.28 bits per heavy atom. The van der Waals surface area contributed by atoms with Crippen LogP contribution in [0.5, 0.6) is 5.75 Å². The number of ether oxygens (including phenoxy) is 1. The van der Waals surface area contributed by atoms with Gasteiger partial charge in [0.25, 0.3) is 0 Å². The van der Waals surface area contributed by atoms with Gasteiger partial charge in [-0.3, -0.25) is 0 Å². The maximum Gasteiger partial charge on any atom is 0.428 e. The van der Waals surface area contributed by atoms with E-state index in [-0.39, 0.29) is 5.56 Å². The second-order valence-electron chi connectivity index (χ2n) is 5.31. The molecule has 2 aromatic carbocycles. The summed E-state index contributed by atoms with van der Waals surface area (Å²) in [6, 6.07) is 13.8. The van der Waals surface area contributed by atoms with Gasteiger partial charge in [0.1, 0.15) is 10.8 Å². The van der Waals surface area contributed by atoms with E-state index in [9.17, 15) is 18.3 Å². The van der Waals surface area contributed by atoms with Crippen LogP contribution in [0.15, 0.2) is 60.0 Å². The van der Waals surface area contributed by atoms with Crippen molar-refractivity contribution in [2.75, 3.05) is 7.11 Å². The van der Waals surface area contributed by atoms with Crippen molar-refractivity contribution < 1.29 is 23.0 Å². The van der Waals surface area contributed by atoms with Crippen molar-refractivity contribution >= 4 is 11.3 Å². The molecule has 3 nitrogen and oxygen atoms in total. The summed E-state index contributed by atoms with van der Waals surface area (Å²) in [5, 5.41) is 11.6. The Hall–Kier alpha value is -2.38. The van der Waals surface area contributed by atoms with E-state index >= 15 is 0 Å². The van der Waals surface area contributed by atoms with E-state index < -0.39 is 16.8 Å². The highest BCUT2D eigenvalue weighted by Gasteiger charge is 2.58. The smallest absolute Gasteiger partial charge is 0.428 e. The summed E-state index contributed by atoms with van der Waals surface area (Å²) in [4.78, 5) is 4.07. The molecule has 0 radical (unpaired) electrons. The lowest BCUT2D eigenvalue weighted by molar-refractivity contribution is -0.248. The fraction of sp³-hybridized carbons (Fsp3) is 0.167. The molecule has 0 aliphatic rings. The van der Waals surface area contributed by atoms with Crippen LogP contribution < -0.4 is 4.74 Å². The van der Waals surface area contributed by atoms with Gasteiger partial charge in [0.2, 0.25) is 5.60 Å². The molecule has 0 saturated carbocycles. The minimum atomic E-state index is -4.91. The first-order chi connectivity index (χ1) is 11.9. The zero-order valence-corrected chi connectivity index (χ0v) is 13.9. The summed E-state index contributed by atoms with van der Waals surface area (Å²) in [6.07, 6.45) is -4.91. The van der Waals surface area contributed by atoms with Gasteiger partial charge in [0.05, 0.1) is 12.8 Å². The largest absolute Gasteiger partial charge is 0.496 e. The maximum atomic E-state index is 13.7. The summed E-state index contributed by atoms with van der Waals surface area (Å²) in [6.45, 7) is 0. The van der Waals surface area contributed by atoms with E-state index in [2.05, 4.69) is 4.98 Å². The molecule has 7 heteroatoms. The summed E-state index contributed by atoms with van der Waals surface area (Å²) in [7, 11) is 1.47. The summed E-state index contributed by atoms with van der Waals surface area (Å²) in [5.74, 6) is 0.495. The lowest BCUT2D eigenvalue weighted by Crippen LogP contribution is -2.43. The first-order valence-electron chi connectivity index (χ1n) is 7.32. The zero-order chi connectivity index (χ0) is 18.1. The molecule has 0 saturated heterocycles. The average Bonchev–Trinajstić information content (AvgIpc) is 3.11. The van der Waals surface area contributed by atoms with Crippen molar-refractivity contribution in [2.24, 2.45) is 0 Å². The molecule has 3 rings (SSSR count). The lowest BCUT2D eigenvalue weighted by Gasteiger charge is -2.28. The maximum absolute atomic E-state index is 13.7. The van der Waals surface area contributed by atoms with E-state index in [1.165, 1.54) is 36.8 Å². The van der Waals surface area contributed by atoms with Crippen LogP contribution in [0, 0.1) is 0 Å². The molecule has 0 amide bonds. The molecule has 1 N–H and O–H groups in total. The molecule has 3 aromatic rings. The number of benzene rings is 2. The first-order valence-corrected chi connectivity index (χ1v) is 8.20. The molecule has 1 aromatic heterocycles. The van der Waals surface area contributed by atoms with E-state index in [1.54, 1.807) is 30.3 Å². The minimum absolute atomic E-state index is 0.275. The van der Waals surface area contributed by atoms with Crippen molar-refractivity contribution in [1.29, 1.82) is 0 Å². The number of para-hydroxylation sites is 1. The highest BCUT2D eigenvalue weighted by atomic mass is 32.1. The van der Waals surface area contributed by atoms with Gasteiger partial charge >= 0.3 is 6.18 Å². The third-order valence-corrected chi connectivity index (χ3v) is 4.75. The predicted molar refractivity (Wildman–Crippen MR) is 89.6 cm³/mol. The number of aromatic nitrogens is 1. The predicted octanol–water partition coefficient (Wildman–Crippen LogP) is 4.62. The molecule has 0 fully saturated rings. The lowest BCUT2D eigenvalue weighted by atomic mass is 9.94. The topological polar surface area (TPSA) is 42.4 Å². The number of rotatable bonds is 4. The SMILES string of the molecule is COc1ccccc1-c1csc(C(O)(c2ccccc2)C(F)(F)F)n1. The van der Waals surface area contributed by atoms with Gasteiger partial charge in [-0.15, -0.1) is 11.3 Å². The van der Waals surface area contributed by atoms with Gasteiger partial charge in [-0.05, 0) is 17.7 Å². The molecule has 1 atom stereocenters. The second kappa shape index (κ2) is 6.50. The van der Waals surface area contributed by atoms with E-state index in [1.807, 2.05) is 0 Å². The van der Waals surface area contributed by atoms with Gasteiger partial charge < -0.3 is 9.84 Å². The van der Waals surface area contributed by atoms with Crippen LogP contribution in [0.1, 0.15) is 10.6 Å². The van der Waals surface area contributed by atoms with Crippen LogP contribution in [0.3, 0.4) is 0 Å². The fourth-order valence-corrected chi connectivity index (χ4v) is 3.47. The molecule has 1 heterocycles. The van der Waals surface area contributed by atoms with Crippen molar-refractivity contribution in [1.82, 2.24) is 4.98 Å². The average molecular weight is 365 g/mol. The Morgan fingerprint density at radius 2 is 1.64 bits per heavy atom. The molecule has 0 aliphatic heterocycles. The number of halogens is 3. The normalized spacial score (nSPS) is 14.1. The molecule has 25 heavy (non-hydrogen) atoms. The molecule has 1 unspecified atom stereocenters. The molecular weight excluding hydrogens is 351 g/mol. The van der Waals surface area contributed by atoms with Gasteiger partial charge in [0.15, 0.2) is 0 Å². The highest BCUT2D eigenvalue weighted by molar-refractivity contribution is 7.10. The highest BCUT2D eigenvalue weighted by Crippen LogP contribution is 2.46. The van der Waals surface area contributed by atoms with Crippen molar-refractivity contribution in [3.8, 4) is 17.0 Å². The van der Waals surface area contributed by atoms with Crippen LogP contribution in [-0.2, 0) is 5.60 Å². The number of thiazole rings is 1. The van der Waals surface area contributed by atoms with Crippen molar-refractivity contribution in [3.63, 3.8) is 0 Å². The van der Waals surface area contributed by atoms with Crippen LogP contribution in [0.25, 0.3) is 11.3 Å². The standard InChI is InChI=1S/C18H14F3NO2S/c1-24-15-10-6-5-9-13(15)14-11-25-16(22-14)17(23,18(19,20)21)12-7-3-2-4-8-12/h2-11,23H,1H3. The quantitative estimate of drug-likeness (QED) is 0.734. The molecule has 130 valence electrons. The minimum Gasteiger partial charge on any atom is -0.496 e. The zero-order valence-electron chi connectivity index (χ0n) is 13.1. The Kier molecular flexibility index (Phi) is 4.53. The van der Waals surface area contributed by atoms with Crippen LogP contribution >= 0.6 is 11.3 Å². The second-order valence-corrected chi connectivity index (χ2v) is 6.17. The Balaban J connectivity index is 2.13. The van der Waals surface area contributed by atoms with Gasteiger partial charge in [-0.25, -0.2) is 4.98 Å².